The van der Waals surface area contributed by atoms with Crippen LogP contribution in [0.4, 0.5) is 18.9 Å². The van der Waals surface area contributed by atoms with Gasteiger partial charge in [0.25, 0.3) is 0 Å². The number of halogens is 3. The highest BCUT2D eigenvalue weighted by atomic mass is 19.4. The van der Waals surface area contributed by atoms with Crippen molar-refractivity contribution in [3.8, 4) is 0 Å². The van der Waals surface area contributed by atoms with Crippen LogP contribution in [0.15, 0.2) is 24.3 Å². The fourth-order valence-electron chi connectivity index (χ4n) is 2.76. The summed E-state index contributed by atoms with van der Waals surface area (Å²) < 4.78 is 38.1. The van der Waals surface area contributed by atoms with E-state index in [1.807, 2.05) is 4.90 Å². The van der Waals surface area contributed by atoms with Gasteiger partial charge >= 0.3 is 6.18 Å². The Balaban J connectivity index is 1.96. The minimum absolute atomic E-state index is 0.105. The van der Waals surface area contributed by atoms with Gasteiger partial charge in [-0.25, -0.2) is 0 Å². The van der Waals surface area contributed by atoms with E-state index >= 15 is 0 Å². The summed E-state index contributed by atoms with van der Waals surface area (Å²) in [6.45, 7) is 2.78. The number of benzene rings is 1. The monoisotopic (exact) mass is 343 g/mol. The molecule has 1 fully saturated rings. The van der Waals surface area contributed by atoms with Crippen molar-refractivity contribution < 1.29 is 22.8 Å². The van der Waals surface area contributed by atoms with Crippen molar-refractivity contribution in [2.45, 2.75) is 32.0 Å². The van der Waals surface area contributed by atoms with Crippen LogP contribution in [0.3, 0.4) is 0 Å². The van der Waals surface area contributed by atoms with Crippen LogP contribution in [0.1, 0.15) is 25.3 Å². The normalized spacial score (nSPS) is 18.2. The maximum absolute atomic E-state index is 12.7. The Bertz CT molecular complexity index is 611. The molecular formula is C16H20F3N3O2. The van der Waals surface area contributed by atoms with Crippen LogP contribution in [0.25, 0.3) is 0 Å². The van der Waals surface area contributed by atoms with Gasteiger partial charge in [0.05, 0.1) is 11.6 Å². The van der Waals surface area contributed by atoms with Gasteiger partial charge in [-0.3, -0.25) is 14.5 Å². The zero-order chi connectivity index (χ0) is 17.9. The number of nitrogens with zero attached hydrogens (tertiary/aromatic N) is 1. The second-order valence-electron chi connectivity index (χ2n) is 5.96. The molecule has 1 saturated heterocycles. The van der Waals surface area contributed by atoms with Gasteiger partial charge in [0.1, 0.15) is 0 Å². The Morgan fingerprint density at radius 2 is 1.92 bits per heavy atom. The molecule has 0 spiro atoms. The average molecular weight is 343 g/mol. The molecule has 2 amide bonds. The SMILES string of the molecule is C[C@H](C(=O)Nc1cccc(C(F)(F)F)c1)N1CCC(C(N)=O)CC1. The van der Waals surface area contributed by atoms with E-state index in [2.05, 4.69) is 5.32 Å². The second-order valence-corrected chi connectivity index (χ2v) is 5.96. The van der Waals surface area contributed by atoms with Crippen molar-refractivity contribution >= 4 is 17.5 Å². The molecule has 2 rings (SSSR count). The van der Waals surface area contributed by atoms with E-state index in [4.69, 9.17) is 5.73 Å². The van der Waals surface area contributed by atoms with Gasteiger partial charge in [-0.1, -0.05) is 6.07 Å². The number of carbonyl (C=O) groups is 2. The number of hydrogen-bond acceptors (Lipinski definition) is 3. The molecule has 0 unspecified atom stereocenters. The van der Waals surface area contributed by atoms with Gasteiger partial charge in [0, 0.05) is 11.6 Å². The predicted octanol–water partition coefficient (Wildman–Crippen LogP) is 2.23. The predicted molar refractivity (Wildman–Crippen MR) is 83.0 cm³/mol. The molecule has 0 radical (unpaired) electrons. The molecule has 0 aliphatic carbocycles. The summed E-state index contributed by atoms with van der Waals surface area (Å²) in [6, 6.07) is 4.02. The van der Waals surface area contributed by atoms with Crippen molar-refractivity contribution in [1.29, 1.82) is 0 Å². The Kier molecular flexibility index (Phi) is 5.48. The van der Waals surface area contributed by atoms with Crippen molar-refractivity contribution in [1.82, 2.24) is 4.90 Å². The summed E-state index contributed by atoms with van der Waals surface area (Å²) in [4.78, 5) is 25.3. The molecule has 0 aromatic heterocycles. The number of nitrogens with one attached hydrogen (secondary N) is 1. The van der Waals surface area contributed by atoms with Gasteiger partial charge in [0.2, 0.25) is 11.8 Å². The van der Waals surface area contributed by atoms with Crippen LogP contribution in [0.5, 0.6) is 0 Å². The summed E-state index contributed by atoms with van der Waals surface area (Å²) in [6.07, 6.45) is -3.30. The molecule has 1 heterocycles. The van der Waals surface area contributed by atoms with E-state index in [1.54, 1.807) is 6.92 Å². The van der Waals surface area contributed by atoms with Crippen LogP contribution < -0.4 is 11.1 Å². The minimum atomic E-state index is -4.46. The molecule has 1 aliphatic rings. The van der Waals surface area contributed by atoms with Crippen LogP contribution in [-0.2, 0) is 15.8 Å². The van der Waals surface area contributed by atoms with Gasteiger partial charge in [0.15, 0.2) is 0 Å². The second kappa shape index (κ2) is 7.21. The van der Waals surface area contributed by atoms with Crippen LogP contribution in [-0.4, -0.2) is 35.8 Å². The smallest absolute Gasteiger partial charge is 0.369 e. The van der Waals surface area contributed by atoms with Crippen molar-refractivity contribution in [3.05, 3.63) is 29.8 Å². The molecule has 8 heteroatoms. The van der Waals surface area contributed by atoms with Gasteiger partial charge in [-0.15, -0.1) is 0 Å². The van der Waals surface area contributed by atoms with E-state index in [0.717, 1.165) is 12.1 Å². The quantitative estimate of drug-likeness (QED) is 0.880. The number of likely N-dealkylation sites (tertiary alicyclic amines) is 1. The molecule has 24 heavy (non-hydrogen) atoms. The number of piperidine rings is 1. The average Bonchev–Trinajstić information content (AvgIpc) is 2.53. The summed E-state index contributed by atoms with van der Waals surface area (Å²) >= 11 is 0. The third-order valence-electron chi connectivity index (χ3n) is 4.32. The minimum Gasteiger partial charge on any atom is -0.369 e. The van der Waals surface area contributed by atoms with Gasteiger partial charge < -0.3 is 11.1 Å². The lowest BCUT2D eigenvalue weighted by molar-refractivity contribution is -0.137. The maximum atomic E-state index is 12.7. The van der Waals surface area contributed by atoms with Crippen LogP contribution in [0.2, 0.25) is 0 Å². The number of hydrogen-bond donors (Lipinski definition) is 2. The molecule has 3 N–H and O–H groups in total. The number of primary amides is 1. The summed E-state index contributed by atoms with van der Waals surface area (Å²) in [5.41, 5.74) is 4.57. The number of anilines is 1. The first-order valence-electron chi connectivity index (χ1n) is 7.70. The Morgan fingerprint density at radius 3 is 2.46 bits per heavy atom. The Labute approximate surface area is 138 Å². The zero-order valence-electron chi connectivity index (χ0n) is 13.3. The molecule has 0 saturated carbocycles. The van der Waals surface area contributed by atoms with Crippen molar-refractivity contribution in [2.75, 3.05) is 18.4 Å². The van der Waals surface area contributed by atoms with E-state index in [1.165, 1.54) is 12.1 Å². The lowest BCUT2D eigenvalue weighted by Crippen LogP contribution is -2.47. The first-order valence-corrected chi connectivity index (χ1v) is 7.70. The summed E-state index contributed by atoms with van der Waals surface area (Å²) in [7, 11) is 0. The number of alkyl halides is 3. The lowest BCUT2D eigenvalue weighted by Gasteiger charge is -2.34. The van der Waals surface area contributed by atoms with Crippen LogP contribution >= 0.6 is 0 Å². The van der Waals surface area contributed by atoms with E-state index in [0.29, 0.717) is 25.9 Å². The van der Waals surface area contributed by atoms with Gasteiger partial charge in [-0.05, 0) is 51.1 Å². The first kappa shape index (κ1) is 18.3. The third kappa shape index (κ3) is 4.47. The third-order valence-corrected chi connectivity index (χ3v) is 4.32. The topological polar surface area (TPSA) is 75.4 Å². The number of amides is 2. The van der Waals surface area contributed by atoms with Crippen LogP contribution in [0, 0.1) is 5.92 Å². The molecule has 1 atom stereocenters. The van der Waals surface area contributed by atoms with E-state index < -0.39 is 17.8 Å². The van der Waals surface area contributed by atoms with E-state index in [-0.39, 0.29) is 23.4 Å². The Morgan fingerprint density at radius 1 is 1.29 bits per heavy atom. The molecule has 0 bridgehead atoms. The number of carbonyl (C=O) groups excluding carboxylic acids is 2. The largest absolute Gasteiger partial charge is 0.416 e. The first-order chi connectivity index (χ1) is 11.2. The molecule has 1 aliphatic heterocycles. The molecular weight excluding hydrogens is 323 g/mol. The van der Waals surface area contributed by atoms with Crippen molar-refractivity contribution in [2.24, 2.45) is 11.7 Å². The summed E-state index contributed by atoms with van der Waals surface area (Å²) in [5.74, 6) is -0.900. The molecule has 5 nitrogen and oxygen atoms in total. The standard InChI is InChI=1S/C16H20F3N3O2/c1-10(22-7-5-11(6-8-22)14(20)23)15(24)21-13-4-2-3-12(9-13)16(17,18)19/h2-4,9-11H,5-8H2,1H3,(H2,20,23)(H,21,24)/t10-/m1/s1. The zero-order valence-corrected chi connectivity index (χ0v) is 13.3. The van der Waals surface area contributed by atoms with E-state index in [9.17, 15) is 22.8 Å². The maximum Gasteiger partial charge on any atom is 0.416 e. The molecule has 1 aromatic rings. The van der Waals surface area contributed by atoms with Gasteiger partial charge in [-0.2, -0.15) is 13.2 Å². The van der Waals surface area contributed by atoms with Crippen molar-refractivity contribution in [3.63, 3.8) is 0 Å². The highest BCUT2D eigenvalue weighted by Crippen LogP contribution is 2.30. The lowest BCUT2D eigenvalue weighted by atomic mass is 9.95. The molecule has 1 aromatic carbocycles. The summed E-state index contributed by atoms with van der Waals surface area (Å²) in [5, 5.41) is 2.51. The highest BCUT2D eigenvalue weighted by molar-refractivity contribution is 5.94. The fourth-order valence-corrected chi connectivity index (χ4v) is 2.76. The fraction of sp³-hybridized carbons (Fsp3) is 0.500. The Hall–Kier alpha value is -2.09. The number of rotatable bonds is 4. The molecule has 132 valence electrons. The highest BCUT2D eigenvalue weighted by Gasteiger charge is 2.31. The number of nitrogens with two attached hydrogens (primary N) is 1.